The van der Waals surface area contributed by atoms with Crippen LogP contribution < -0.4 is 5.32 Å². The molecule has 0 aromatic carbocycles. The zero-order chi connectivity index (χ0) is 14.5. The van der Waals surface area contributed by atoms with Crippen LogP contribution in [0.4, 0.5) is 0 Å². The summed E-state index contributed by atoms with van der Waals surface area (Å²) in [6, 6.07) is 0. The number of hydrogen-bond donors (Lipinski definition) is 2. The molecule has 0 radical (unpaired) electrons. The van der Waals surface area contributed by atoms with Crippen LogP contribution in [0, 0.1) is 0 Å². The van der Waals surface area contributed by atoms with E-state index in [1.807, 2.05) is 0 Å². The first-order chi connectivity index (χ1) is 9.10. The minimum Gasteiger partial charge on any atom is -0.481 e. The van der Waals surface area contributed by atoms with Gasteiger partial charge < -0.3 is 15.3 Å². The zero-order valence-corrected chi connectivity index (χ0v) is 13.5. The summed E-state index contributed by atoms with van der Waals surface area (Å²) < 4.78 is 0. The number of carboxylic acids is 1. The average molecular weight is 309 g/mol. The molecule has 0 spiro atoms. The Morgan fingerprint density at radius 2 is 1.55 bits per heavy atom. The fourth-order valence-electron chi connectivity index (χ4n) is 1.76. The van der Waals surface area contributed by atoms with Crippen molar-refractivity contribution in [1.29, 1.82) is 0 Å². The number of nitrogens with one attached hydrogen (secondary N) is 1. The Bertz CT molecular complexity index is 255. The van der Waals surface area contributed by atoms with Crippen molar-refractivity contribution in [3.05, 3.63) is 0 Å². The molecule has 0 saturated carbocycles. The topological polar surface area (TPSA) is 69.6 Å². The molecule has 1 amide bonds. The Hall–Kier alpha value is -0.810. The highest BCUT2D eigenvalue weighted by Gasteiger charge is 2.07. The molecule has 0 aliphatic heterocycles. The molecular formula is C14H29ClN2O3. The van der Waals surface area contributed by atoms with Gasteiger partial charge in [0, 0.05) is 19.5 Å². The van der Waals surface area contributed by atoms with Crippen molar-refractivity contribution < 1.29 is 14.7 Å². The maximum Gasteiger partial charge on any atom is 0.303 e. The highest BCUT2D eigenvalue weighted by atomic mass is 35.5. The molecule has 0 fully saturated rings. The van der Waals surface area contributed by atoms with Gasteiger partial charge in [0.25, 0.3) is 0 Å². The molecule has 0 unspecified atom stereocenters. The van der Waals surface area contributed by atoms with Crippen LogP contribution in [-0.2, 0) is 9.59 Å². The SMILES string of the molecule is CCCCN(CCCC)CCNC(=O)CCC(=O)O.Cl. The number of nitrogens with zero attached hydrogens (tertiary/aromatic N) is 1. The van der Waals surface area contributed by atoms with E-state index in [9.17, 15) is 9.59 Å². The number of carbonyl (C=O) groups is 2. The van der Waals surface area contributed by atoms with Crippen LogP contribution in [0.25, 0.3) is 0 Å². The molecule has 20 heavy (non-hydrogen) atoms. The van der Waals surface area contributed by atoms with Gasteiger partial charge in [-0.05, 0) is 25.9 Å². The van der Waals surface area contributed by atoms with Gasteiger partial charge in [-0.3, -0.25) is 9.59 Å². The van der Waals surface area contributed by atoms with Gasteiger partial charge in [-0.25, -0.2) is 0 Å². The maximum absolute atomic E-state index is 11.4. The maximum atomic E-state index is 11.4. The molecule has 0 atom stereocenters. The first-order valence-electron chi connectivity index (χ1n) is 7.31. The first kappa shape index (κ1) is 21.5. The Labute approximate surface area is 128 Å². The molecule has 0 aliphatic rings. The van der Waals surface area contributed by atoms with Gasteiger partial charge in [0.1, 0.15) is 0 Å². The lowest BCUT2D eigenvalue weighted by Gasteiger charge is -2.22. The molecule has 0 aliphatic carbocycles. The number of aliphatic carboxylic acids is 1. The number of amides is 1. The van der Waals surface area contributed by atoms with Gasteiger partial charge >= 0.3 is 5.97 Å². The minimum atomic E-state index is -0.928. The van der Waals surface area contributed by atoms with Crippen LogP contribution in [0.5, 0.6) is 0 Å². The molecule has 0 saturated heterocycles. The zero-order valence-electron chi connectivity index (χ0n) is 12.7. The van der Waals surface area contributed by atoms with E-state index in [0.29, 0.717) is 6.54 Å². The molecule has 0 heterocycles. The average Bonchev–Trinajstić information content (AvgIpc) is 2.38. The predicted molar refractivity (Wildman–Crippen MR) is 83.4 cm³/mol. The standard InChI is InChI=1S/C14H28N2O3.ClH/c1-3-5-10-16(11-6-4-2)12-9-15-13(17)7-8-14(18)19;/h3-12H2,1-2H3,(H,15,17)(H,18,19);1H. The summed E-state index contributed by atoms with van der Waals surface area (Å²) in [5, 5.41) is 11.3. The lowest BCUT2D eigenvalue weighted by atomic mass is 10.2. The van der Waals surface area contributed by atoms with Gasteiger partial charge in [-0.2, -0.15) is 0 Å². The highest BCUT2D eigenvalue weighted by Crippen LogP contribution is 1.98. The van der Waals surface area contributed by atoms with Crippen molar-refractivity contribution in [2.24, 2.45) is 0 Å². The van der Waals surface area contributed by atoms with Crippen molar-refractivity contribution in [2.45, 2.75) is 52.4 Å². The van der Waals surface area contributed by atoms with Crippen molar-refractivity contribution in [2.75, 3.05) is 26.2 Å². The van der Waals surface area contributed by atoms with E-state index in [4.69, 9.17) is 5.11 Å². The number of rotatable bonds is 12. The second-order valence-corrected chi connectivity index (χ2v) is 4.79. The van der Waals surface area contributed by atoms with Crippen LogP contribution in [0.3, 0.4) is 0 Å². The van der Waals surface area contributed by atoms with Crippen molar-refractivity contribution >= 4 is 24.3 Å². The largest absolute Gasteiger partial charge is 0.481 e. The molecule has 0 bridgehead atoms. The van der Waals surface area contributed by atoms with Crippen LogP contribution in [0.1, 0.15) is 52.4 Å². The molecule has 0 aromatic heterocycles. The number of carboxylic acid groups (broad SMARTS) is 1. The van der Waals surface area contributed by atoms with Crippen molar-refractivity contribution in [3.63, 3.8) is 0 Å². The number of halogens is 1. The lowest BCUT2D eigenvalue weighted by Crippen LogP contribution is -2.36. The normalized spacial score (nSPS) is 10.2. The molecule has 120 valence electrons. The second kappa shape index (κ2) is 14.6. The monoisotopic (exact) mass is 308 g/mol. The fraction of sp³-hybridized carbons (Fsp3) is 0.857. The molecule has 0 rings (SSSR count). The second-order valence-electron chi connectivity index (χ2n) is 4.79. The van der Waals surface area contributed by atoms with E-state index in [0.717, 1.165) is 19.6 Å². The molecular weight excluding hydrogens is 280 g/mol. The van der Waals surface area contributed by atoms with Crippen molar-refractivity contribution in [1.82, 2.24) is 10.2 Å². The molecule has 0 aromatic rings. The van der Waals surface area contributed by atoms with E-state index in [2.05, 4.69) is 24.1 Å². The number of unbranched alkanes of at least 4 members (excludes halogenated alkanes) is 2. The Balaban J connectivity index is 0. The summed E-state index contributed by atoms with van der Waals surface area (Å²) >= 11 is 0. The molecule has 5 nitrogen and oxygen atoms in total. The predicted octanol–water partition coefficient (Wildman–Crippen LogP) is 2.29. The Morgan fingerprint density at radius 3 is 2.00 bits per heavy atom. The first-order valence-corrected chi connectivity index (χ1v) is 7.31. The highest BCUT2D eigenvalue weighted by molar-refractivity contribution is 5.85. The smallest absolute Gasteiger partial charge is 0.303 e. The fourth-order valence-corrected chi connectivity index (χ4v) is 1.76. The third-order valence-electron chi connectivity index (χ3n) is 2.97. The van der Waals surface area contributed by atoms with E-state index >= 15 is 0 Å². The summed E-state index contributed by atoms with van der Waals surface area (Å²) in [5.74, 6) is -1.10. The summed E-state index contributed by atoms with van der Waals surface area (Å²) in [7, 11) is 0. The van der Waals surface area contributed by atoms with Gasteiger partial charge in [-0.15, -0.1) is 12.4 Å². The van der Waals surface area contributed by atoms with Crippen molar-refractivity contribution in [3.8, 4) is 0 Å². The van der Waals surface area contributed by atoms with Crippen LogP contribution in [-0.4, -0.2) is 48.1 Å². The Morgan fingerprint density at radius 1 is 1.00 bits per heavy atom. The van der Waals surface area contributed by atoms with Gasteiger partial charge in [-0.1, -0.05) is 26.7 Å². The minimum absolute atomic E-state index is 0. The number of carbonyl (C=O) groups excluding carboxylic acids is 1. The molecule has 2 N–H and O–H groups in total. The Kier molecular flexibility index (Phi) is 15.7. The summed E-state index contributed by atoms with van der Waals surface area (Å²) in [5.41, 5.74) is 0. The summed E-state index contributed by atoms with van der Waals surface area (Å²) in [4.78, 5) is 24.1. The molecule has 6 heteroatoms. The van der Waals surface area contributed by atoms with E-state index in [-0.39, 0.29) is 31.2 Å². The van der Waals surface area contributed by atoms with Gasteiger partial charge in [0.05, 0.1) is 6.42 Å². The van der Waals surface area contributed by atoms with Crippen LogP contribution in [0.15, 0.2) is 0 Å². The summed E-state index contributed by atoms with van der Waals surface area (Å²) in [6.45, 7) is 7.94. The van der Waals surface area contributed by atoms with Crippen LogP contribution in [0.2, 0.25) is 0 Å². The van der Waals surface area contributed by atoms with E-state index in [1.54, 1.807) is 0 Å². The van der Waals surface area contributed by atoms with E-state index < -0.39 is 5.97 Å². The van der Waals surface area contributed by atoms with Crippen LogP contribution >= 0.6 is 12.4 Å². The van der Waals surface area contributed by atoms with Gasteiger partial charge in [0.2, 0.25) is 5.91 Å². The third-order valence-corrected chi connectivity index (χ3v) is 2.97. The van der Waals surface area contributed by atoms with E-state index in [1.165, 1.54) is 25.7 Å². The lowest BCUT2D eigenvalue weighted by molar-refractivity contribution is -0.138. The summed E-state index contributed by atoms with van der Waals surface area (Å²) in [6.07, 6.45) is 4.68. The third kappa shape index (κ3) is 13.6. The quantitative estimate of drug-likeness (QED) is 0.580. The van der Waals surface area contributed by atoms with Gasteiger partial charge in [0.15, 0.2) is 0 Å². The number of hydrogen-bond acceptors (Lipinski definition) is 3.